The van der Waals surface area contributed by atoms with Crippen LogP contribution in [0.4, 0.5) is 5.69 Å². The van der Waals surface area contributed by atoms with Crippen LogP contribution in [0.15, 0.2) is 36.4 Å². The Bertz CT molecular complexity index is 803. The smallest absolute Gasteiger partial charge is 0.265 e. The summed E-state index contributed by atoms with van der Waals surface area (Å²) >= 11 is 11.9. The van der Waals surface area contributed by atoms with Crippen LogP contribution in [-0.2, 0) is 4.79 Å². The van der Waals surface area contributed by atoms with Gasteiger partial charge in [0.05, 0.1) is 29.5 Å². The summed E-state index contributed by atoms with van der Waals surface area (Å²) in [5.74, 6) is 0.330. The number of amides is 1. The molecule has 1 N–H and O–H groups in total. The quantitative estimate of drug-likeness (QED) is 0.859. The lowest BCUT2D eigenvalue weighted by Gasteiger charge is -2.17. The van der Waals surface area contributed by atoms with Gasteiger partial charge in [0, 0.05) is 11.1 Å². The third kappa shape index (κ3) is 4.31. The molecule has 0 spiro atoms. The maximum absolute atomic E-state index is 12.3. The van der Waals surface area contributed by atoms with Gasteiger partial charge in [0.1, 0.15) is 0 Å². The van der Waals surface area contributed by atoms with Crippen molar-refractivity contribution in [2.45, 2.75) is 13.0 Å². The van der Waals surface area contributed by atoms with Gasteiger partial charge >= 0.3 is 0 Å². The summed E-state index contributed by atoms with van der Waals surface area (Å²) in [6, 6.07) is 11.5. The molecule has 7 heteroatoms. The second kappa shape index (κ2) is 7.91. The van der Waals surface area contributed by atoms with Crippen LogP contribution in [0.3, 0.4) is 0 Å². The molecule has 0 radical (unpaired) electrons. The summed E-state index contributed by atoms with van der Waals surface area (Å²) in [6.45, 7) is 1.59. The minimum atomic E-state index is -0.818. The Labute approximate surface area is 149 Å². The van der Waals surface area contributed by atoms with Gasteiger partial charge in [-0.3, -0.25) is 4.79 Å². The fourth-order valence-electron chi connectivity index (χ4n) is 1.91. The molecule has 5 nitrogen and oxygen atoms in total. The Balaban J connectivity index is 2.12. The minimum absolute atomic E-state index is 0.358. The summed E-state index contributed by atoms with van der Waals surface area (Å²) in [5.41, 5.74) is 0.832. The first-order chi connectivity index (χ1) is 11.4. The molecule has 0 heterocycles. The second-order valence-corrected chi connectivity index (χ2v) is 5.69. The van der Waals surface area contributed by atoms with Crippen LogP contribution < -0.4 is 14.8 Å². The van der Waals surface area contributed by atoms with Crippen LogP contribution >= 0.6 is 23.2 Å². The van der Waals surface area contributed by atoms with Crippen LogP contribution in [0.25, 0.3) is 0 Å². The molecule has 1 atom stereocenters. The molecule has 2 rings (SSSR count). The van der Waals surface area contributed by atoms with Gasteiger partial charge < -0.3 is 14.8 Å². The molecule has 0 aromatic heterocycles. The van der Waals surface area contributed by atoms with Crippen molar-refractivity contribution in [1.82, 2.24) is 0 Å². The molecule has 1 unspecified atom stereocenters. The summed E-state index contributed by atoms with van der Waals surface area (Å²) in [6.07, 6.45) is -0.818. The van der Waals surface area contributed by atoms with E-state index in [0.717, 1.165) is 0 Å². The maximum Gasteiger partial charge on any atom is 0.265 e. The van der Waals surface area contributed by atoms with Gasteiger partial charge in [0.25, 0.3) is 5.91 Å². The number of anilines is 1. The van der Waals surface area contributed by atoms with Crippen molar-refractivity contribution in [1.29, 1.82) is 5.26 Å². The topological polar surface area (TPSA) is 71.3 Å². The molecule has 24 heavy (non-hydrogen) atoms. The van der Waals surface area contributed by atoms with Gasteiger partial charge in [-0.15, -0.1) is 0 Å². The number of nitrogens with one attached hydrogen (secondary N) is 1. The summed E-state index contributed by atoms with van der Waals surface area (Å²) in [7, 11) is 1.46. The van der Waals surface area contributed by atoms with E-state index in [4.69, 9.17) is 37.9 Å². The third-order valence-corrected chi connectivity index (χ3v) is 3.72. The summed E-state index contributed by atoms with van der Waals surface area (Å²) in [4.78, 5) is 12.3. The van der Waals surface area contributed by atoms with Crippen LogP contribution in [0.1, 0.15) is 12.5 Å². The van der Waals surface area contributed by atoms with E-state index in [9.17, 15) is 4.79 Å². The largest absolute Gasteiger partial charge is 0.493 e. The number of methoxy groups -OCH3 is 1. The van der Waals surface area contributed by atoms with Crippen molar-refractivity contribution in [3.8, 4) is 17.6 Å². The zero-order valence-corrected chi connectivity index (χ0v) is 14.5. The van der Waals surface area contributed by atoms with E-state index < -0.39 is 12.0 Å². The SMILES string of the molecule is COc1cc(C#N)ccc1OC(C)C(=O)Nc1cc(Cl)ccc1Cl. The van der Waals surface area contributed by atoms with Crippen LogP contribution in [0.5, 0.6) is 11.5 Å². The van der Waals surface area contributed by atoms with E-state index >= 15 is 0 Å². The van der Waals surface area contributed by atoms with Crippen molar-refractivity contribution in [3.63, 3.8) is 0 Å². The van der Waals surface area contributed by atoms with Crippen LogP contribution in [0.2, 0.25) is 10.0 Å². The Kier molecular flexibility index (Phi) is 5.91. The lowest BCUT2D eigenvalue weighted by molar-refractivity contribution is -0.122. The highest BCUT2D eigenvalue weighted by molar-refractivity contribution is 6.35. The highest BCUT2D eigenvalue weighted by atomic mass is 35.5. The molecule has 0 bridgehead atoms. The number of nitrogens with zero attached hydrogens (tertiary/aromatic N) is 1. The van der Waals surface area contributed by atoms with Crippen molar-refractivity contribution >= 4 is 34.8 Å². The second-order valence-electron chi connectivity index (χ2n) is 4.85. The summed E-state index contributed by atoms with van der Waals surface area (Å²) in [5, 5.41) is 12.4. The predicted octanol–water partition coefficient (Wildman–Crippen LogP) is 4.28. The van der Waals surface area contributed by atoms with Crippen LogP contribution in [0, 0.1) is 11.3 Å². The van der Waals surface area contributed by atoms with Crippen molar-refractivity contribution in [3.05, 3.63) is 52.0 Å². The Hall–Kier alpha value is -2.42. The number of benzene rings is 2. The van der Waals surface area contributed by atoms with Gasteiger partial charge in [0.2, 0.25) is 0 Å². The fourth-order valence-corrected chi connectivity index (χ4v) is 2.24. The average molecular weight is 365 g/mol. The monoisotopic (exact) mass is 364 g/mol. The fraction of sp³-hybridized carbons (Fsp3) is 0.176. The van der Waals surface area contributed by atoms with Gasteiger partial charge in [-0.05, 0) is 37.3 Å². The standard InChI is InChI=1S/C17H14Cl2N2O3/c1-10(17(22)21-14-8-12(18)4-5-13(14)19)24-15-6-3-11(9-20)7-16(15)23-2/h3-8,10H,1-2H3,(H,21,22). The number of hydrogen-bond donors (Lipinski definition) is 1. The van der Waals surface area contributed by atoms with E-state index in [1.165, 1.54) is 13.2 Å². The van der Waals surface area contributed by atoms with Gasteiger partial charge in [-0.2, -0.15) is 5.26 Å². The van der Waals surface area contributed by atoms with E-state index in [1.807, 2.05) is 6.07 Å². The predicted molar refractivity (Wildman–Crippen MR) is 92.9 cm³/mol. The molecule has 0 aliphatic rings. The van der Waals surface area contributed by atoms with Crippen LogP contribution in [-0.4, -0.2) is 19.1 Å². The molecule has 0 fully saturated rings. The van der Waals surface area contributed by atoms with E-state index in [0.29, 0.717) is 32.8 Å². The molecule has 0 saturated heterocycles. The zero-order chi connectivity index (χ0) is 17.7. The third-order valence-electron chi connectivity index (χ3n) is 3.15. The first-order valence-electron chi connectivity index (χ1n) is 6.95. The number of ether oxygens (including phenoxy) is 2. The first-order valence-corrected chi connectivity index (χ1v) is 7.71. The van der Waals surface area contributed by atoms with Crippen molar-refractivity contribution in [2.75, 3.05) is 12.4 Å². The van der Waals surface area contributed by atoms with Gasteiger partial charge in [-0.1, -0.05) is 23.2 Å². The van der Waals surface area contributed by atoms with Gasteiger partial charge in [-0.25, -0.2) is 0 Å². The number of halogens is 2. The Morgan fingerprint density at radius 3 is 2.62 bits per heavy atom. The lowest BCUT2D eigenvalue weighted by Crippen LogP contribution is -2.30. The number of carbonyl (C=O) groups excluding carboxylic acids is 1. The zero-order valence-electron chi connectivity index (χ0n) is 13.0. The molecule has 0 aliphatic carbocycles. The Morgan fingerprint density at radius 1 is 1.21 bits per heavy atom. The molecule has 2 aromatic rings. The van der Waals surface area contributed by atoms with E-state index in [-0.39, 0.29) is 0 Å². The van der Waals surface area contributed by atoms with Crippen molar-refractivity contribution in [2.24, 2.45) is 0 Å². The minimum Gasteiger partial charge on any atom is -0.493 e. The Morgan fingerprint density at radius 2 is 1.96 bits per heavy atom. The molecular weight excluding hydrogens is 351 g/mol. The number of nitriles is 1. The molecule has 0 saturated carbocycles. The molecule has 1 amide bonds. The highest BCUT2D eigenvalue weighted by Crippen LogP contribution is 2.29. The molecular formula is C17H14Cl2N2O3. The first kappa shape index (κ1) is 17.9. The maximum atomic E-state index is 12.3. The molecule has 0 aliphatic heterocycles. The highest BCUT2D eigenvalue weighted by Gasteiger charge is 2.18. The lowest BCUT2D eigenvalue weighted by atomic mass is 10.2. The normalized spacial score (nSPS) is 11.3. The number of carbonyl (C=O) groups is 1. The van der Waals surface area contributed by atoms with Crippen molar-refractivity contribution < 1.29 is 14.3 Å². The number of hydrogen-bond acceptors (Lipinski definition) is 4. The average Bonchev–Trinajstić information content (AvgIpc) is 2.58. The van der Waals surface area contributed by atoms with E-state index in [2.05, 4.69) is 5.32 Å². The molecule has 124 valence electrons. The molecule has 2 aromatic carbocycles. The summed E-state index contributed by atoms with van der Waals surface area (Å²) < 4.78 is 10.8. The number of rotatable bonds is 5. The van der Waals surface area contributed by atoms with E-state index in [1.54, 1.807) is 37.3 Å². The van der Waals surface area contributed by atoms with Gasteiger partial charge in [0.15, 0.2) is 17.6 Å².